The van der Waals surface area contributed by atoms with Gasteiger partial charge in [0.1, 0.15) is 0 Å². The zero-order chi connectivity index (χ0) is 12.8. The first-order valence-corrected chi connectivity index (χ1v) is 5.91. The summed E-state index contributed by atoms with van der Waals surface area (Å²) in [7, 11) is 0. The highest BCUT2D eigenvalue weighted by atomic mass is 16.5. The fourth-order valence-corrected chi connectivity index (χ4v) is 1.87. The number of rotatable bonds is 5. The minimum atomic E-state index is -0.356. The number of nitrogen functional groups attached to an aromatic ring is 1. The van der Waals surface area contributed by atoms with Crippen molar-refractivity contribution in [3.63, 3.8) is 0 Å². The average Bonchev–Trinajstić information content (AvgIpc) is 2.92. The van der Waals surface area contributed by atoms with Crippen LogP contribution in [0, 0.1) is 5.92 Å². The normalized spacial score (nSPS) is 18.8. The Kier molecular flexibility index (Phi) is 4.63. The number of pyridine rings is 1. The minimum Gasteiger partial charge on any atom is -0.381 e. The van der Waals surface area contributed by atoms with Gasteiger partial charge in [0.25, 0.3) is 5.91 Å². The van der Waals surface area contributed by atoms with Gasteiger partial charge in [-0.3, -0.25) is 15.2 Å². The maximum Gasteiger partial charge on any atom is 0.267 e. The molecule has 0 aliphatic carbocycles. The molecule has 1 saturated heterocycles. The maximum atomic E-state index is 11.5. The molecule has 18 heavy (non-hydrogen) atoms. The molecule has 0 bridgehead atoms. The predicted octanol–water partition coefficient (Wildman–Crippen LogP) is 0.238. The van der Waals surface area contributed by atoms with E-state index in [1.54, 1.807) is 18.3 Å². The number of hydrazine groups is 1. The molecule has 6 heteroatoms. The van der Waals surface area contributed by atoms with Crippen molar-refractivity contribution < 1.29 is 14.3 Å². The second-order valence-corrected chi connectivity index (χ2v) is 4.22. The van der Waals surface area contributed by atoms with E-state index in [9.17, 15) is 4.79 Å². The van der Waals surface area contributed by atoms with E-state index >= 15 is 0 Å². The number of nitrogens with two attached hydrogens (primary N) is 1. The molecule has 6 nitrogen and oxygen atoms in total. The summed E-state index contributed by atoms with van der Waals surface area (Å²) in [6, 6.07) is 3.37. The van der Waals surface area contributed by atoms with Crippen LogP contribution in [0.25, 0.3) is 0 Å². The van der Waals surface area contributed by atoms with Gasteiger partial charge in [0.2, 0.25) is 0 Å². The topological polar surface area (TPSA) is 86.5 Å². The molecule has 1 fully saturated rings. The Hall–Kier alpha value is -1.50. The van der Waals surface area contributed by atoms with Crippen LogP contribution in [-0.4, -0.2) is 30.7 Å². The fraction of sp³-hybridized carbons (Fsp3) is 0.500. The molecular formula is C12H17N3O3. The predicted molar refractivity (Wildman–Crippen MR) is 64.5 cm³/mol. The SMILES string of the molecule is NNC(=O)c1cccnc1COCC1CCOC1. The summed E-state index contributed by atoms with van der Waals surface area (Å²) < 4.78 is 10.8. The van der Waals surface area contributed by atoms with Crippen LogP contribution >= 0.6 is 0 Å². The van der Waals surface area contributed by atoms with Gasteiger partial charge in [0, 0.05) is 18.7 Å². The van der Waals surface area contributed by atoms with Crippen molar-refractivity contribution >= 4 is 5.91 Å². The Labute approximate surface area is 105 Å². The Morgan fingerprint density at radius 3 is 3.28 bits per heavy atom. The summed E-state index contributed by atoms with van der Waals surface area (Å²) in [6.45, 7) is 2.48. The largest absolute Gasteiger partial charge is 0.381 e. The van der Waals surface area contributed by atoms with Crippen molar-refractivity contribution in [2.75, 3.05) is 19.8 Å². The summed E-state index contributed by atoms with van der Waals surface area (Å²) in [5, 5.41) is 0. The molecule has 0 spiro atoms. The number of hydrogen-bond donors (Lipinski definition) is 2. The van der Waals surface area contributed by atoms with Crippen LogP contribution in [-0.2, 0) is 16.1 Å². The lowest BCUT2D eigenvalue weighted by Crippen LogP contribution is -2.31. The van der Waals surface area contributed by atoms with Crippen LogP contribution in [0.15, 0.2) is 18.3 Å². The molecule has 98 valence electrons. The standard InChI is InChI=1S/C12H17N3O3/c13-15-12(16)10-2-1-4-14-11(10)8-18-7-9-3-5-17-6-9/h1-2,4,9H,3,5-8,13H2,(H,15,16). The summed E-state index contributed by atoms with van der Waals surface area (Å²) in [4.78, 5) is 15.6. The zero-order valence-electron chi connectivity index (χ0n) is 10.1. The number of amides is 1. The lowest BCUT2D eigenvalue weighted by atomic mass is 10.1. The molecule has 1 aliphatic heterocycles. The third-order valence-electron chi connectivity index (χ3n) is 2.88. The molecular weight excluding hydrogens is 234 g/mol. The van der Waals surface area contributed by atoms with Crippen LogP contribution in [0.3, 0.4) is 0 Å². The fourth-order valence-electron chi connectivity index (χ4n) is 1.87. The van der Waals surface area contributed by atoms with E-state index in [0.29, 0.717) is 30.4 Å². The van der Waals surface area contributed by atoms with Crippen LogP contribution in [0.4, 0.5) is 0 Å². The molecule has 0 aromatic carbocycles. The Balaban J connectivity index is 1.89. The zero-order valence-corrected chi connectivity index (χ0v) is 10.1. The van der Waals surface area contributed by atoms with Gasteiger partial charge in [0.15, 0.2) is 0 Å². The number of aromatic nitrogens is 1. The third kappa shape index (κ3) is 3.25. The number of hydrogen-bond acceptors (Lipinski definition) is 5. The number of carbonyl (C=O) groups excluding carboxylic acids is 1. The van der Waals surface area contributed by atoms with Crippen molar-refractivity contribution in [1.29, 1.82) is 0 Å². The Bertz CT molecular complexity index is 405. The summed E-state index contributed by atoms with van der Waals surface area (Å²) >= 11 is 0. The van der Waals surface area contributed by atoms with Crippen molar-refractivity contribution in [3.8, 4) is 0 Å². The van der Waals surface area contributed by atoms with Crippen LogP contribution in [0.1, 0.15) is 22.5 Å². The molecule has 3 N–H and O–H groups in total. The van der Waals surface area contributed by atoms with Gasteiger partial charge in [-0.25, -0.2) is 5.84 Å². The van der Waals surface area contributed by atoms with Crippen LogP contribution < -0.4 is 11.3 Å². The molecule has 0 saturated carbocycles. The monoisotopic (exact) mass is 251 g/mol. The van der Waals surface area contributed by atoms with Gasteiger partial charge >= 0.3 is 0 Å². The van der Waals surface area contributed by atoms with E-state index in [2.05, 4.69) is 10.4 Å². The van der Waals surface area contributed by atoms with Crippen molar-refractivity contribution in [1.82, 2.24) is 10.4 Å². The molecule has 1 atom stereocenters. The number of carbonyl (C=O) groups is 1. The highest BCUT2D eigenvalue weighted by Gasteiger charge is 2.16. The van der Waals surface area contributed by atoms with Gasteiger partial charge in [0.05, 0.1) is 31.1 Å². The summed E-state index contributed by atoms with van der Waals surface area (Å²) in [5.74, 6) is 5.21. The van der Waals surface area contributed by atoms with Gasteiger partial charge in [-0.15, -0.1) is 0 Å². The van der Waals surface area contributed by atoms with Crippen molar-refractivity contribution in [3.05, 3.63) is 29.6 Å². The second kappa shape index (κ2) is 6.44. The van der Waals surface area contributed by atoms with E-state index in [1.807, 2.05) is 0 Å². The van der Waals surface area contributed by atoms with Crippen molar-refractivity contribution in [2.45, 2.75) is 13.0 Å². The number of nitrogens with zero attached hydrogens (tertiary/aromatic N) is 1. The molecule has 2 heterocycles. The first kappa shape index (κ1) is 12.9. The lowest BCUT2D eigenvalue weighted by Gasteiger charge is -2.10. The second-order valence-electron chi connectivity index (χ2n) is 4.22. The van der Waals surface area contributed by atoms with Crippen LogP contribution in [0.2, 0.25) is 0 Å². The first-order chi connectivity index (χ1) is 8.81. The quantitative estimate of drug-likeness (QED) is 0.444. The highest BCUT2D eigenvalue weighted by molar-refractivity contribution is 5.94. The molecule has 1 unspecified atom stereocenters. The molecule has 1 aliphatic rings. The lowest BCUT2D eigenvalue weighted by molar-refractivity contribution is 0.0757. The third-order valence-corrected chi connectivity index (χ3v) is 2.88. The van der Waals surface area contributed by atoms with Gasteiger partial charge < -0.3 is 9.47 Å². The summed E-state index contributed by atoms with van der Waals surface area (Å²) in [6.07, 6.45) is 2.66. The molecule has 1 amide bonds. The van der Waals surface area contributed by atoms with E-state index in [0.717, 1.165) is 19.6 Å². The average molecular weight is 251 g/mol. The molecule has 1 aromatic heterocycles. The minimum absolute atomic E-state index is 0.306. The number of ether oxygens (including phenoxy) is 2. The Morgan fingerprint density at radius 2 is 2.56 bits per heavy atom. The van der Waals surface area contributed by atoms with E-state index in [1.165, 1.54) is 0 Å². The maximum absolute atomic E-state index is 11.5. The Morgan fingerprint density at radius 1 is 1.67 bits per heavy atom. The number of nitrogens with one attached hydrogen (secondary N) is 1. The van der Waals surface area contributed by atoms with Gasteiger partial charge in [-0.1, -0.05) is 0 Å². The molecule has 0 radical (unpaired) electrons. The highest BCUT2D eigenvalue weighted by Crippen LogP contribution is 2.14. The van der Waals surface area contributed by atoms with E-state index in [4.69, 9.17) is 15.3 Å². The summed E-state index contributed by atoms with van der Waals surface area (Å²) in [5.41, 5.74) is 3.14. The van der Waals surface area contributed by atoms with Gasteiger partial charge in [-0.2, -0.15) is 0 Å². The van der Waals surface area contributed by atoms with E-state index < -0.39 is 0 Å². The van der Waals surface area contributed by atoms with Crippen LogP contribution in [0.5, 0.6) is 0 Å². The molecule has 2 rings (SSSR count). The molecule has 1 aromatic rings. The van der Waals surface area contributed by atoms with Crippen molar-refractivity contribution in [2.24, 2.45) is 11.8 Å². The van der Waals surface area contributed by atoms with Gasteiger partial charge in [-0.05, 0) is 18.6 Å². The first-order valence-electron chi connectivity index (χ1n) is 5.91. The smallest absolute Gasteiger partial charge is 0.267 e. The van der Waals surface area contributed by atoms with E-state index in [-0.39, 0.29) is 5.91 Å².